The van der Waals surface area contributed by atoms with Gasteiger partial charge in [0.1, 0.15) is 5.75 Å². The summed E-state index contributed by atoms with van der Waals surface area (Å²) in [5.41, 5.74) is 6.60. The van der Waals surface area contributed by atoms with Gasteiger partial charge in [-0.2, -0.15) is 0 Å². The molecule has 0 radical (unpaired) electrons. The lowest BCUT2D eigenvalue weighted by Crippen LogP contribution is -2.48. The molecular weight excluding hydrogens is 322 g/mol. The largest absolute Gasteiger partial charge is 0.483 e. The SMILES string of the molecule is CN1CCN(C(=O)COc2ccc(CN)cc2Br)CC1. The van der Waals surface area contributed by atoms with Crippen LogP contribution in [0.5, 0.6) is 5.75 Å². The van der Waals surface area contributed by atoms with Crippen LogP contribution in [0.1, 0.15) is 5.56 Å². The van der Waals surface area contributed by atoms with Gasteiger partial charge in [-0.1, -0.05) is 6.07 Å². The van der Waals surface area contributed by atoms with Crippen molar-refractivity contribution >= 4 is 21.8 Å². The number of carbonyl (C=O) groups excluding carboxylic acids is 1. The Morgan fingerprint density at radius 2 is 2.05 bits per heavy atom. The Bertz CT molecular complexity index is 473. The molecule has 1 aliphatic heterocycles. The van der Waals surface area contributed by atoms with E-state index >= 15 is 0 Å². The van der Waals surface area contributed by atoms with Crippen molar-refractivity contribution in [2.45, 2.75) is 6.54 Å². The van der Waals surface area contributed by atoms with Crippen LogP contribution in [0.2, 0.25) is 0 Å². The summed E-state index contributed by atoms with van der Waals surface area (Å²) >= 11 is 3.43. The number of rotatable bonds is 4. The first-order chi connectivity index (χ1) is 9.60. The molecule has 0 unspecified atom stereocenters. The number of likely N-dealkylation sites (N-methyl/N-ethyl adjacent to an activating group) is 1. The van der Waals surface area contributed by atoms with Crippen molar-refractivity contribution in [3.05, 3.63) is 28.2 Å². The minimum atomic E-state index is 0.0351. The van der Waals surface area contributed by atoms with Crippen LogP contribution < -0.4 is 10.5 Å². The predicted octanol–water partition coefficient (Wildman–Crippen LogP) is 1.06. The normalized spacial score (nSPS) is 16.2. The molecule has 1 amide bonds. The van der Waals surface area contributed by atoms with Gasteiger partial charge in [0.05, 0.1) is 4.47 Å². The van der Waals surface area contributed by atoms with E-state index in [9.17, 15) is 4.79 Å². The number of halogens is 1. The van der Waals surface area contributed by atoms with Gasteiger partial charge >= 0.3 is 0 Å². The van der Waals surface area contributed by atoms with Gasteiger partial charge in [-0.15, -0.1) is 0 Å². The highest BCUT2D eigenvalue weighted by Crippen LogP contribution is 2.25. The van der Waals surface area contributed by atoms with Crippen molar-refractivity contribution < 1.29 is 9.53 Å². The molecule has 110 valence electrons. The van der Waals surface area contributed by atoms with Crippen molar-refractivity contribution in [1.29, 1.82) is 0 Å². The topological polar surface area (TPSA) is 58.8 Å². The zero-order valence-electron chi connectivity index (χ0n) is 11.6. The van der Waals surface area contributed by atoms with Gasteiger partial charge < -0.3 is 20.3 Å². The Morgan fingerprint density at radius 1 is 1.35 bits per heavy atom. The highest BCUT2D eigenvalue weighted by Gasteiger charge is 2.19. The summed E-state index contributed by atoms with van der Waals surface area (Å²) in [4.78, 5) is 16.1. The number of ether oxygens (including phenoxy) is 1. The van der Waals surface area contributed by atoms with Gasteiger partial charge in [-0.05, 0) is 40.7 Å². The van der Waals surface area contributed by atoms with Crippen LogP contribution in [-0.2, 0) is 11.3 Å². The summed E-state index contributed by atoms with van der Waals surface area (Å²) in [7, 11) is 2.06. The molecule has 2 N–H and O–H groups in total. The van der Waals surface area contributed by atoms with Crippen molar-refractivity contribution in [3.8, 4) is 5.75 Å². The monoisotopic (exact) mass is 341 g/mol. The van der Waals surface area contributed by atoms with E-state index in [-0.39, 0.29) is 12.5 Å². The van der Waals surface area contributed by atoms with Crippen molar-refractivity contribution in [2.75, 3.05) is 39.8 Å². The van der Waals surface area contributed by atoms with Gasteiger partial charge in [0, 0.05) is 32.7 Å². The number of benzene rings is 1. The first-order valence-electron chi connectivity index (χ1n) is 6.68. The molecule has 5 nitrogen and oxygen atoms in total. The fraction of sp³-hybridized carbons (Fsp3) is 0.500. The summed E-state index contributed by atoms with van der Waals surface area (Å²) in [5, 5.41) is 0. The van der Waals surface area contributed by atoms with Crippen LogP contribution in [0.25, 0.3) is 0 Å². The van der Waals surface area contributed by atoms with E-state index in [1.165, 1.54) is 0 Å². The maximum Gasteiger partial charge on any atom is 0.260 e. The van der Waals surface area contributed by atoms with Crippen LogP contribution in [0.15, 0.2) is 22.7 Å². The molecular formula is C14H20BrN3O2. The third kappa shape index (κ3) is 3.94. The number of hydrogen-bond donors (Lipinski definition) is 1. The van der Waals surface area contributed by atoms with E-state index in [1.54, 1.807) is 0 Å². The van der Waals surface area contributed by atoms with Gasteiger partial charge in [-0.3, -0.25) is 4.79 Å². The van der Waals surface area contributed by atoms with Gasteiger partial charge in [-0.25, -0.2) is 0 Å². The number of amides is 1. The van der Waals surface area contributed by atoms with Gasteiger partial charge in [0.2, 0.25) is 0 Å². The zero-order valence-corrected chi connectivity index (χ0v) is 13.2. The molecule has 0 atom stereocenters. The first-order valence-corrected chi connectivity index (χ1v) is 7.47. The maximum atomic E-state index is 12.1. The fourth-order valence-corrected chi connectivity index (χ4v) is 2.62. The molecule has 1 aliphatic rings. The summed E-state index contributed by atoms with van der Waals surface area (Å²) < 4.78 is 6.41. The smallest absolute Gasteiger partial charge is 0.260 e. The molecule has 1 aromatic rings. The number of piperazine rings is 1. The van der Waals surface area contributed by atoms with Crippen LogP contribution in [0.4, 0.5) is 0 Å². The van der Waals surface area contributed by atoms with E-state index in [0.717, 1.165) is 36.2 Å². The van der Waals surface area contributed by atoms with Gasteiger partial charge in [0.25, 0.3) is 5.91 Å². The summed E-state index contributed by atoms with van der Waals surface area (Å²) in [6.45, 7) is 3.93. The second-order valence-electron chi connectivity index (χ2n) is 4.94. The Kier molecular flexibility index (Phi) is 5.39. The molecule has 1 aromatic carbocycles. The summed E-state index contributed by atoms with van der Waals surface area (Å²) in [6, 6.07) is 5.65. The standard InChI is InChI=1S/C14H20BrN3O2/c1-17-4-6-18(7-5-17)14(19)10-20-13-3-2-11(9-16)8-12(13)15/h2-3,8H,4-7,9-10,16H2,1H3. The minimum absolute atomic E-state index is 0.0351. The van der Waals surface area contributed by atoms with Crippen molar-refractivity contribution in [1.82, 2.24) is 9.80 Å². The van der Waals surface area contributed by atoms with E-state index < -0.39 is 0 Å². The Hall–Kier alpha value is -1.11. The molecule has 0 spiro atoms. The maximum absolute atomic E-state index is 12.1. The Balaban J connectivity index is 1.87. The molecule has 0 saturated carbocycles. The third-order valence-corrected chi connectivity index (χ3v) is 4.06. The molecule has 1 fully saturated rings. The second-order valence-corrected chi connectivity index (χ2v) is 5.80. The van der Waals surface area contributed by atoms with Crippen LogP contribution >= 0.6 is 15.9 Å². The van der Waals surface area contributed by atoms with Crippen LogP contribution in [0, 0.1) is 0 Å². The van der Waals surface area contributed by atoms with Crippen molar-refractivity contribution in [2.24, 2.45) is 5.73 Å². The van der Waals surface area contributed by atoms with E-state index in [2.05, 4.69) is 27.9 Å². The molecule has 0 aromatic heterocycles. The van der Waals surface area contributed by atoms with E-state index in [1.807, 2.05) is 23.1 Å². The lowest BCUT2D eigenvalue weighted by atomic mass is 10.2. The highest BCUT2D eigenvalue weighted by molar-refractivity contribution is 9.10. The predicted molar refractivity (Wildman–Crippen MR) is 81.6 cm³/mol. The first kappa shape index (κ1) is 15.3. The quantitative estimate of drug-likeness (QED) is 0.889. The zero-order chi connectivity index (χ0) is 14.5. The summed E-state index contributed by atoms with van der Waals surface area (Å²) in [5.74, 6) is 0.706. The van der Waals surface area contributed by atoms with E-state index in [4.69, 9.17) is 10.5 Å². The number of nitrogens with two attached hydrogens (primary N) is 1. The lowest BCUT2D eigenvalue weighted by Gasteiger charge is -2.32. The Morgan fingerprint density at radius 3 is 2.65 bits per heavy atom. The molecule has 20 heavy (non-hydrogen) atoms. The second kappa shape index (κ2) is 7.06. The average Bonchev–Trinajstić information content (AvgIpc) is 2.46. The third-order valence-electron chi connectivity index (χ3n) is 3.44. The average molecular weight is 342 g/mol. The summed E-state index contributed by atoms with van der Waals surface area (Å²) in [6.07, 6.45) is 0. The van der Waals surface area contributed by atoms with Crippen LogP contribution in [0.3, 0.4) is 0 Å². The van der Waals surface area contributed by atoms with Crippen LogP contribution in [-0.4, -0.2) is 55.5 Å². The Labute approximate surface area is 127 Å². The van der Waals surface area contributed by atoms with Gasteiger partial charge in [0.15, 0.2) is 6.61 Å². The molecule has 0 bridgehead atoms. The van der Waals surface area contributed by atoms with Crippen molar-refractivity contribution in [3.63, 3.8) is 0 Å². The molecule has 6 heteroatoms. The molecule has 0 aliphatic carbocycles. The minimum Gasteiger partial charge on any atom is -0.483 e. The number of hydrogen-bond acceptors (Lipinski definition) is 4. The highest BCUT2D eigenvalue weighted by atomic mass is 79.9. The van der Waals surface area contributed by atoms with E-state index in [0.29, 0.717) is 12.3 Å². The number of nitrogens with zero attached hydrogens (tertiary/aromatic N) is 2. The molecule has 1 heterocycles. The lowest BCUT2D eigenvalue weighted by molar-refractivity contribution is -0.134. The number of carbonyl (C=O) groups is 1. The fourth-order valence-electron chi connectivity index (χ4n) is 2.07. The molecule has 1 saturated heterocycles. The molecule has 2 rings (SSSR count).